The standard InChI is InChI=1S/C16H16N2O4S/c1-9-7-10(4-5-11(9)16(20)21)18-14(19)13-8-17-15(23-13)12-3-2-6-22-12/h4-5,7-8,12H,2-3,6H2,1H3,(H,18,19)(H,20,21). The summed E-state index contributed by atoms with van der Waals surface area (Å²) >= 11 is 1.33. The Kier molecular flexibility index (Phi) is 4.40. The van der Waals surface area contributed by atoms with E-state index in [-0.39, 0.29) is 17.6 Å². The second-order valence-corrected chi connectivity index (χ2v) is 6.42. The van der Waals surface area contributed by atoms with Gasteiger partial charge in [0.25, 0.3) is 5.91 Å². The lowest BCUT2D eigenvalue weighted by molar-refractivity contribution is 0.0696. The van der Waals surface area contributed by atoms with Crippen LogP contribution in [-0.2, 0) is 4.74 Å². The van der Waals surface area contributed by atoms with Crippen LogP contribution in [0.1, 0.15) is 49.5 Å². The molecule has 2 heterocycles. The zero-order valence-corrected chi connectivity index (χ0v) is 13.4. The highest BCUT2D eigenvalue weighted by Crippen LogP contribution is 2.31. The van der Waals surface area contributed by atoms with E-state index in [4.69, 9.17) is 9.84 Å². The van der Waals surface area contributed by atoms with Crippen LogP contribution in [0.2, 0.25) is 0 Å². The van der Waals surface area contributed by atoms with Gasteiger partial charge in [0.1, 0.15) is 16.0 Å². The summed E-state index contributed by atoms with van der Waals surface area (Å²) in [6.07, 6.45) is 3.50. The highest BCUT2D eigenvalue weighted by atomic mass is 32.1. The summed E-state index contributed by atoms with van der Waals surface area (Å²) in [5, 5.41) is 12.6. The third kappa shape index (κ3) is 3.40. The number of anilines is 1. The molecule has 3 rings (SSSR count). The van der Waals surface area contributed by atoms with Gasteiger partial charge in [-0.25, -0.2) is 9.78 Å². The zero-order valence-electron chi connectivity index (χ0n) is 12.5. The average Bonchev–Trinajstić information content (AvgIpc) is 3.18. The monoisotopic (exact) mass is 332 g/mol. The number of amides is 1. The van der Waals surface area contributed by atoms with Crippen molar-refractivity contribution in [3.05, 3.63) is 45.4 Å². The first kappa shape index (κ1) is 15.6. The van der Waals surface area contributed by atoms with Crippen molar-refractivity contribution in [2.24, 2.45) is 0 Å². The van der Waals surface area contributed by atoms with E-state index in [9.17, 15) is 9.59 Å². The lowest BCUT2D eigenvalue weighted by atomic mass is 10.1. The Labute approximate surface area is 137 Å². The van der Waals surface area contributed by atoms with Crippen LogP contribution >= 0.6 is 11.3 Å². The molecule has 0 saturated carbocycles. The van der Waals surface area contributed by atoms with Gasteiger partial charge in [0.15, 0.2) is 0 Å². The molecule has 0 bridgehead atoms. The van der Waals surface area contributed by atoms with Crippen molar-refractivity contribution in [1.29, 1.82) is 0 Å². The Balaban J connectivity index is 1.71. The van der Waals surface area contributed by atoms with Gasteiger partial charge in [-0.2, -0.15) is 0 Å². The molecule has 7 heteroatoms. The first-order valence-electron chi connectivity index (χ1n) is 7.27. The van der Waals surface area contributed by atoms with Crippen molar-refractivity contribution in [1.82, 2.24) is 4.98 Å². The maximum Gasteiger partial charge on any atom is 0.335 e. The van der Waals surface area contributed by atoms with Gasteiger partial charge in [0.2, 0.25) is 0 Å². The number of rotatable bonds is 4. The minimum absolute atomic E-state index is 0.00126. The number of carbonyl (C=O) groups excluding carboxylic acids is 1. The predicted molar refractivity (Wildman–Crippen MR) is 86.1 cm³/mol. The van der Waals surface area contributed by atoms with E-state index in [0.717, 1.165) is 24.5 Å². The summed E-state index contributed by atoms with van der Waals surface area (Å²) < 4.78 is 5.56. The second-order valence-electron chi connectivity index (χ2n) is 5.35. The number of ether oxygens (including phenoxy) is 1. The Morgan fingerprint density at radius 2 is 2.26 bits per heavy atom. The number of hydrogen-bond donors (Lipinski definition) is 2. The molecule has 1 amide bonds. The zero-order chi connectivity index (χ0) is 16.4. The van der Waals surface area contributed by atoms with E-state index >= 15 is 0 Å². The van der Waals surface area contributed by atoms with Gasteiger partial charge in [-0.1, -0.05) is 0 Å². The Hall–Kier alpha value is -2.25. The van der Waals surface area contributed by atoms with Gasteiger partial charge in [-0.15, -0.1) is 11.3 Å². The minimum atomic E-state index is -0.982. The fourth-order valence-electron chi connectivity index (χ4n) is 2.49. The van der Waals surface area contributed by atoms with E-state index in [1.807, 2.05) is 0 Å². The van der Waals surface area contributed by atoms with Crippen LogP contribution in [0.15, 0.2) is 24.4 Å². The summed E-state index contributed by atoms with van der Waals surface area (Å²) in [5.74, 6) is -1.24. The molecule has 120 valence electrons. The average molecular weight is 332 g/mol. The van der Waals surface area contributed by atoms with Crippen molar-refractivity contribution < 1.29 is 19.4 Å². The fraction of sp³-hybridized carbons (Fsp3) is 0.312. The number of aromatic carboxylic acids is 1. The van der Waals surface area contributed by atoms with E-state index < -0.39 is 5.97 Å². The highest BCUT2D eigenvalue weighted by molar-refractivity contribution is 7.13. The maximum absolute atomic E-state index is 12.3. The minimum Gasteiger partial charge on any atom is -0.478 e. The second kappa shape index (κ2) is 6.47. The van der Waals surface area contributed by atoms with Crippen LogP contribution < -0.4 is 5.32 Å². The molecule has 1 aliphatic rings. The quantitative estimate of drug-likeness (QED) is 0.897. The van der Waals surface area contributed by atoms with Crippen molar-refractivity contribution in [2.75, 3.05) is 11.9 Å². The normalized spacial score (nSPS) is 17.2. The number of aromatic nitrogens is 1. The first-order chi connectivity index (χ1) is 11.0. The molecule has 0 aliphatic carbocycles. The number of benzene rings is 1. The summed E-state index contributed by atoms with van der Waals surface area (Å²) in [7, 11) is 0. The number of carbonyl (C=O) groups is 2. The lowest BCUT2D eigenvalue weighted by Crippen LogP contribution is -2.11. The SMILES string of the molecule is Cc1cc(NC(=O)c2cnc(C3CCCO3)s2)ccc1C(=O)O. The van der Waals surface area contributed by atoms with Crippen molar-refractivity contribution in [3.8, 4) is 0 Å². The van der Waals surface area contributed by atoms with Crippen molar-refractivity contribution in [3.63, 3.8) is 0 Å². The molecule has 23 heavy (non-hydrogen) atoms. The van der Waals surface area contributed by atoms with Gasteiger partial charge in [0.05, 0.1) is 11.8 Å². The fourth-order valence-corrected chi connectivity index (χ4v) is 3.39. The van der Waals surface area contributed by atoms with Crippen LogP contribution in [0.4, 0.5) is 5.69 Å². The molecule has 6 nitrogen and oxygen atoms in total. The van der Waals surface area contributed by atoms with Crippen LogP contribution in [0.5, 0.6) is 0 Å². The molecule has 1 aliphatic heterocycles. The molecular weight excluding hydrogens is 316 g/mol. The summed E-state index contributed by atoms with van der Waals surface area (Å²) in [4.78, 5) is 28.1. The van der Waals surface area contributed by atoms with Crippen LogP contribution in [0.25, 0.3) is 0 Å². The van der Waals surface area contributed by atoms with Gasteiger partial charge < -0.3 is 15.2 Å². The molecule has 1 aromatic heterocycles. The first-order valence-corrected chi connectivity index (χ1v) is 8.09. The maximum atomic E-state index is 12.3. The molecule has 1 atom stereocenters. The summed E-state index contributed by atoms with van der Waals surface area (Å²) in [5.41, 5.74) is 1.38. The van der Waals surface area contributed by atoms with Crippen LogP contribution in [-0.4, -0.2) is 28.6 Å². The lowest BCUT2D eigenvalue weighted by Gasteiger charge is -2.07. The molecule has 1 unspecified atom stereocenters. The summed E-state index contributed by atoms with van der Waals surface area (Å²) in [6.45, 7) is 2.43. The third-order valence-corrected chi connectivity index (χ3v) is 4.76. The van der Waals surface area contributed by atoms with Crippen LogP contribution in [0.3, 0.4) is 0 Å². The molecule has 2 aromatic rings. The molecule has 1 aromatic carbocycles. The van der Waals surface area contributed by atoms with Gasteiger partial charge in [-0.05, 0) is 43.5 Å². The van der Waals surface area contributed by atoms with Gasteiger partial charge in [0, 0.05) is 12.3 Å². The van der Waals surface area contributed by atoms with Crippen molar-refractivity contribution >= 4 is 28.9 Å². The Morgan fingerprint density at radius 3 is 2.91 bits per heavy atom. The van der Waals surface area contributed by atoms with Gasteiger partial charge >= 0.3 is 5.97 Å². The van der Waals surface area contributed by atoms with Gasteiger partial charge in [-0.3, -0.25) is 4.79 Å². The predicted octanol–water partition coefficient (Wildman–Crippen LogP) is 3.25. The van der Waals surface area contributed by atoms with E-state index in [2.05, 4.69) is 10.3 Å². The topological polar surface area (TPSA) is 88.5 Å². The largest absolute Gasteiger partial charge is 0.478 e. The molecule has 0 spiro atoms. The number of thiazole rings is 1. The van der Waals surface area contributed by atoms with Crippen LogP contribution in [0, 0.1) is 6.92 Å². The summed E-state index contributed by atoms with van der Waals surface area (Å²) in [6, 6.07) is 4.71. The smallest absolute Gasteiger partial charge is 0.335 e. The van der Waals surface area contributed by atoms with E-state index in [0.29, 0.717) is 16.1 Å². The molecular formula is C16H16N2O4S. The number of nitrogens with one attached hydrogen (secondary N) is 1. The van der Waals surface area contributed by atoms with E-state index in [1.54, 1.807) is 25.3 Å². The number of carboxylic acid groups (broad SMARTS) is 1. The van der Waals surface area contributed by atoms with E-state index in [1.165, 1.54) is 17.4 Å². The molecule has 0 radical (unpaired) electrons. The molecule has 1 fully saturated rings. The number of hydrogen-bond acceptors (Lipinski definition) is 5. The van der Waals surface area contributed by atoms with Crippen molar-refractivity contribution in [2.45, 2.75) is 25.9 Å². The third-order valence-electron chi connectivity index (χ3n) is 3.67. The highest BCUT2D eigenvalue weighted by Gasteiger charge is 2.22. The number of nitrogens with zero attached hydrogens (tertiary/aromatic N) is 1. The Bertz CT molecular complexity index is 750. The number of aryl methyl sites for hydroxylation is 1. The molecule has 1 saturated heterocycles. The molecule has 2 N–H and O–H groups in total. The number of carboxylic acids is 1. The Morgan fingerprint density at radius 1 is 1.43 bits per heavy atom.